The van der Waals surface area contributed by atoms with E-state index in [1.165, 1.54) is 7.11 Å². The Kier molecular flexibility index (Phi) is 4.74. The lowest BCUT2D eigenvalue weighted by Gasteiger charge is -2.15. The molecule has 2 nitrogen and oxygen atoms in total. The Morgan fingerprint density at radius 1 is 1.38 bits per heavy atom. The van der Waals surface area contributed by atoms with Crippen LogP contribution in [0.1, 0.15) is 25.8 Å². The second-order valence-corrected chi connectivity index (χ2v) is 4.46. The maximum atomic E-state index is 13.8. The highest BCUT2D eigenvalue weighted by molar-refractivity contribution is 5.31. The normalized spacial score (nSPS) is 14.6. The maximum absolute atomic E-state index is 13.8. The summed E-state index contributed by atoms with van der Waals surface area (Å²) in [6.45, 7) is 4.06. The van der Waals surface area contributed by atoms with Gasteiger partial charge in [0.2, 0.25) is 0 Å². The average molecular weight is 225 g/mol. The standard InChI is InChI=1S/C13H20FNO/c1-9(7-10(2)15)8-11-5-4-6-12(16-3)13(11)14/h4-6,9-10H,7-8,15H2,1-3H3. The predicted octanol–water partition coefficient (Wildman–Crippen LogP) is 2.75. The molecule has 0 aliphatic heterocycles. The van der Waals surface area contributed by atoms with Gasteiger partial charge in [-0.05, 0) is 37.3 Å². The van der Waals surface area contributed by atoms with E-state index in [9.17, 15) is 4.39 Å². The predicted molar refractivity (Wildman–Crippen MR) is 64.1 cm³/mol. The molecule has 0 heterocycles. The molecule has 0 saturated carbocycles. The maximum Gasteiger partial charge on any atom is 0.168 e. The van der Waals surface area contributed by atoms with Crippen LogP contribution in [0.25, 0.3) is 0 Å². The number of ether oxygens (including phenoxy) is 1. The summed E-state index contributed by atoms with van der Waals surface area (Å²) in [5.74, 6) is 0.439. The van der Waals surface area contributed by atoms with Gasteiger partial charge in [-0.15, -0.1) is 0 Å². The van der Waals surface area contributed by atoms with Crippen LogP contribution in [0.4, 0.5) is 4.39 Å². The van der Waals surface area contributed by atoms with E-state index in [-0.39, 0.29) is 11.9 Å². The van der Waals surface area contributed by atoms with Gasteiger partial charge in [0, 0.05) is 6.04 Å². The van der Waals surface area contributed by atoms with Crippen molar-refractivity contribution in [2.75, 3.05) is 7.11 Å². The van der Waals surface area contributed by atoms with Gasteiger partial charge in [0.1, 0.15) is 0 Å². The highest BCUT2D eigenvalue weighted by atomic mass is 19.1. The number of nitrogens with two attached hydrogens (primary N) is 1. The quantitative estimate of drug-likeness (QED) is 0.836. The fourth-order valence-electron chi connectivity index (χ4n) is 1.96. The van der Waals surface area contributed by atoms with Crippen molar-refractivity contribution in [2.24, 2.45) is 11.7 Å². The van der Waals surface area contributed by atoms with Gasteiger partial charge in [-0.25, -0.2) is 4.39 Å². The Morgan fingerprint density at radius 3 is 2.62 bits per heavy atom. The molecule has 0 aromatic heterocycles. The highest BCUT2D eigenvalue weighted by Crippen LogP contribution is 2.23. The van der Waals surface area contributed by atoms with Crippen LogP contribution in [0.5, 0.6) is 5.75 Å². The van der Waals surface area contributed by atoms with Crippen molar-refractivity contribution in [1.29, 1.82) is 0 Å². The molecular weight excluding hydrogens is 205 g/mol. The lowest BCUT2D eigenvalue weighted by atomic mass is 9.95. The molecule has 0 aliphatic rings. The summed E-state index contributed by atoms with van der Waals surface area (Å²) in [7, 11) is 1.48. The first-order valence-corrected chi connectivity index (χ1v) is 5.61. The molecule has 0 aliphatic carbocycles. The summed E-state index contributed by atoms with van der Waals surface area (Å²) in [6, 6.07) is 5.41. The molecule has 0 amide bonds. The lowest BCUT2D eigenvalue weighted by Crippen LogP contribution is -2.19. The fraction of sp³-hybridized carbons (Fsp3) is 0.538. The summed E-state index contributed by atoms with van der Waals surface area (Å²) in [6.07, 6.45) is 1.60. The summed E-state index contributed by atoms with van der Waals surface area (Å²) in [5, 5.41) is 0. The van der Waals surface area contributed by atoms with E-state index in [1.54, 1.807) is 12.1 Å². The SMILES string of the molecule is COc1cccc(CC(C)CC(C)N)c1F. The van der Waals surface area contributed by atoms with Gasteiger partial charge >= 0.3 is 0 Å². The minimum atomic E-state index is -0.249. The van der Waals surface area contributed by atoms with Gasteiger partial charge in [-0.3, -0.25) is 0 Å². The lowest BCUT2D eigenvalue weighted by molar-refractivity contribution is 0.381. The zero-order valence-electron chi connectivity index (χ0n) is 10.2. The highest BCUT2D eigenvalue weighted by Gasteiger charge is 2.12. The molecule has 0 radical (unpaired) electrons. The van der Waals surface area contributed by atoms with E-state index in [0.29, 0.717) is 23.7 Å². The zero-order chi connectivity index (χ0) is 12.1. The second kappa shape index (κ2) is 5.85. The molecule has 0 bridgehead atoms. The number of hydrogen-bond acceptors (Lipinski definition) is 2. The van der Waals surface area contributed by atoms with Gasteiger partial charge in [-0.1, -0.05) is 19.1 Å². The van der Waals surface area contributed by atoms with E-state index < -0.39 is 0 Å². The van der Waals surface area contributed by atoms with Crippen molar-refractivity contribution in [3.8, 4) is 5.75 Å². The number of methoxy groups -OCH3 is 1. The van der Waals surface area contributed by atoms with Gasteiger partial charge < -0.3 is 10.5 Å². The van der Waals surface area contributed by atoms with E-state index in [2.05, 4.69) is 6.92 Å². The Hall–Kier alpha value is -1.09. The van der Waals surface area contributed by atoms with Gasteiger partial charge in [-0.2, -0.15) is 0 Å². The number of hydrogen-bond donors (Lipinski definition) is 1. The molecule has 1 aromatic carbocycles. The van der Waals surface area contributed by atoms with Crippen LogP contribution >= 0.6 is 0 Å². The average Bonchev–Trinajstić information content (AvgIpc) is 2.20. The molecule has 1 rings (SSSR count). The molecular formula is C13H20FNO. The Labute approximate surface area is 96.6 Å². The van der Waals surface area contributed by atoms with Crippen LogP contribution in [0.2, 0.25) is 0 Å². The van der Waals surface area contributed by atoms with Crippen molar-refractivity contribution >= 4 is 0 Å². The van der Waals surface area contributed by atoms with Crippen LogP contribution in [-0.4, -0.2) is 13.2 Å². The summed E-state index contributed by atoms with van der Waals surface area (Å²) < 4.78 is 18.8. The molecule has 16 heavy (non-hydrogen) atoms. The summed E-state index contributed by atoms with van der Waals surface area (Å²) >= 11 is 0. The third-order valence-corrected chi connectivity index (χ3v) is 2.61. The number of benzene rings is 1. The Balaban J connectivity index is 2.73. The van der Waals surface area contributed by atoms with Crippen molar-refractivity contribution in [2.45, 2.75) is 32.7 Å². The second-order valence-electron chi connectivity index (χ2n) is 4.46. The Bertz CT molecular complexity index is 339. The van der Waals surface area contributed by atoms with Crippen LogP contribution in [0.15, 0.2) is 18.2 Å². The van der Waals surface area contributed by atoms with Gasteiger partial charge in [0.25, 0.3) is 0 Å². The van der Waals surface area contributed by atoms with E-state index in [1.807, 2.05) is 13.0 Å². The van der Waals surface area contributed by atoms with E-state index in [0.717, 1.165) is 6.42 Å². The Morgan fingerprint density at radius 2 is 2.06 bits per heavy atom. The molecule has 2 N–H and O–H groups in total. The molecule has 0 spiro atoms. The first-order valence-electron chi connectivity index (χ1n) is 5.61. The van der Waals surface area contributed by atoms with Crippen LogP contribution in [0, 0.1) is 11.7 Å². The van der Waals surface area contributed by atoms with Crippen LogP contribution < -0.4 is 10.5 Å². The monoisotopic (exact) mass is 225 g/mol. The molecule has 0 fully saturated rings. The third-order valence-electron chi connectivity index (χ3n) is 2.61. The minimum absolute atomic E-state index is 0.156. The molecule has 0 saturated heterocycles. The number of rotatable bonds is 5. The minimum Gasteiger partial charge on any atom is -0.494 e. The van der Waals surface area contributed by atoms with Crippen molar-refractivity contribution < 1.29 is 9.13 Å². The van der Waals surface area contributed by atoms with Crippen molar-refractivity contribution in [3.63, 3.8) is 0 Å². The van der Waals surface area contributed by atoms with Crippen molar-refractivity contribution in [1.82, 2.24) is 0 Å². The molecule has 1 aromatic rings. The smallest absolute Gasteiger partial charge is 0.168 e. The fourth-order valence-corrected chi connectivity index (χ4v) is 1.96. The third kappa shape index (κ3) is 3.49. The first-order chi connectivity index (χ1) is 7.54. The van der Waals surface area contributed by atoms with Crippen LogP contribution in [-0.2, 0) is 6.42 Å². The summed E-state index contributed by atoms with van der Waals surface area (Å²) in [5.41, 5.74) is 6.42. The van der Waals surface area contributed by atoms with E-state index >= 15 is 0 Å². The largest absolute Gasteiger partial charge is 0.494 e. The topological polar surface area (TPSA) is 35.2 Å². The first kappa shape index (κ1) is 13.0. The van der Waals surface area contributed by atoms with Crippen LogP contribution in [0.3, 0.4) is 0 Å². The van der Waals surface area contributed by atoms with E-state index in [4.69, 9.17) is 10.5 Å². The summed E-state index contributed by atoms with van der Waals surface area (Å²) in [4.78, 5) is 0. The molecule has 2 unspecified atom stereocenters. The van der Waals surface area contributed by atoms with Gasteiger partial charge in [0.15, 0.2) is 11.6 Å². The molecule has 3 heteroatoms. The number of halogens is 1. The van der Waals surface area contributed by atoms with Gasteiger partial charge in [0.05, 0.1) is 7.11 Å². The zero-order valence-corrected chi connectivity index (χ0v) is 10.2. The molecule has 2 atom stereocenters. The van der Waals surface area contributed by atoms with Crippen molar-refractivity contribution in [3.05, 3.63) is 29.6 Å². The molecule has 90 valence electrons.